The van der Waals surface area contributed by atoms with Crippen molar-refractivity contribution in [2.75, 3.05) is 0 Å². The first-order chi connectivity index (χ1) is 5.20. The highest BCUT2D eigenvalue weighted by Gasteiger charge is 1.66. The number of rotatable bonds is 0. The van der Waals surface area contributed by atoms with Crippen LogP contribution in [0.15, 0.2) is 25.3 Å². The smallest absolute Gasteiger partial charge is 0.284 e. The minimum Gasteiger partial charge on any atom is -0.284 e. The van der Waals surface area contributed by atoms with Crippen molar-refractivity contribution in [3.8, 4) is 0 Å². The van der Waals surface area contributed by atoms with Crippen LogP contribution in [0.2, 0.25) is 0 Å². The van der Waals surface area contributed by atoms with Crippen LogP contribution in [0.5, 0.6) is 0 Å². The van der Waals surface area contributed by atoms with Gasteiger partial charge in [0.2, 0.25) is 0 Å². The van der Waals surface area contributed by atoms with E-state index < -0.39 is 23.5 Å². The molecule has 0 radical (unpaired) electrons. The molecule has 0 unspecified atom stereocenters. The van der Waals surface area contributed by atoms with E-state index in [0.717, 1.165) is 0 Å². The summed E-state index contributed by atoms with van der Waals surface area (Å²) in [6, 6.07) is 0. The van der Waals surface area contributed by atoms with Gasteiger partial charge in [-0.05, 0) is 13.2 Å². The van der Waals surface area contributed by atoms with Crippen LogP contribution in [0, 0.1) is 0 Å². The van der Waals surface area contributed by atoms with Gasteiger partial charge in [-0.15, -0.1) is 0 Å². The van der Waals surface area contributed by atoms with Crippen molar-refractivity contribution in [3.05, 3.63) is 25.3 Å². The molecule has 0 aromatic carbocycles. The molecule has 2 N–H and O–H groups in total. The summed E-state index contributed by atoms with van der Waals surface area (Å²) in [6.07, 6.45) is -3.67. The second-order valence-electron chi connectivity index (χ2n) is 0.908. The SMILES string of the molecule is C=C(F)F.C=C(F)F.O=S(O)O. The third-order valence-electron chi connectivity index (χ3n) is 0. The molecule has 3 nitrogen and oxygen atoms in total. The lowest BCUT2D eigenvalue weighted by Gasteiger charge is -1.59. The van der Waals surface area contributed by atoms with Crippen molar-refractivity contribution in [2.24, 2.45) is 0 Å². The second-order valence-corrected chi connectivity index (χ2v) is 1.37. The summed E-state index contributed by atoms with van der Waals surface area (Å²) in [6.45, 7) is 4.44. The Hall–Kier alpha value is -0.730. The molecule has 0 aliphatic heterocycles. The minimum absolute atomic E-state index is 1.83. The normalized spacial score (nSPS) is 7.25. The number of hydrogen-bond acceptors (Lipinski definition) is 1. The standard InChI is InChI=1S/2C2H2F2.H2O3S/c2*1-2(3)4;1-4(2)3/h2*1H2;(H2,1,2,3). The molecule has 0 bridgehead atoms. The van der Waals surface area contributed by atoms with Crippen molar-refractivity contribution in [3.63, 3.8) is 0 Å². The van der Waals surface area contributed by atoms with Gasteiger partial charge >= 0.3 is 0 Å². The lowest BCUT2D eigenvalue weighted by Crippen LogP contribution is -1.74. The van der Waals surface area contributed by atoms with E-state index in [4.69, 9.17) is 13.3 Å². The highest BCUT2D eigenvalue weighted by Crippen LogP contribution is 1.85. The fourth-order valence-electron chi connectivity index (χ4n) is 0. The van der Waals surface area contributed by atoms with Crippen molar-refractivity contribution >= 4 is 11.4 Å². The summed E-state index contributed by atoms with van der Waals surface area (Å²) in [5.41, 5.74) is 0. The molecule has 0 atom stereocenters. The largest absolute Gasteiger partial charge is 0.299 e. The van der Waals surface area contributed by atoms with Crippen molar-refractivity contribution in [1.82, 2.24) is 0 Å². The molecule has 0 rings (SSSR count). The third-order valence-corrected chi connectivity index (χ3v) is 0. The maximum Gasteiger partial charge on any atom is 0.299 e. The average molecular weight is 210 g/mol. The Morgan fingerprint density at radius 2 is 1.00 bits per heavy atom. The Morgan fingerprint density at radius 3 is 1.00 bits per heavy atom. The average Bonchev–Trinajstić information content (AvgIpc) is 1.54. The van der Waals surface area contributed by atoms with E-state index in [1.54, 1.807) is 0 Å². The highest BCUT2D eigenvalue weighted by atomic mass is 32.2. The summed E-state index contributed by atoms with van der Waals surface area (Å²) in [4.78, 5) is 0. The van der Waals surface area contributed by atoms with E-state index >= 15 is 0 Å². The second kappa shape index (κ2) is 12.9. The molecule has 12 heavy (non-hydrogen) atoms. The minimum atomic E-state index is -2.61. The molecule has 0 spiro atoms. The highest BCUT2D eigenvalue weighted by molar-refractivity contribution is 7.73. The summed E-state index contributed by atoms with van der Waals surface area (Å²) in [5, 5.41) is 0. The molecule has 0 saturated heterocycles. The Labute approximate surface area is 68.5 Å². The third kappa shape index (κ3) is 1190. The van der Waals surface area contributed by atoms with E-state index in [1.807, 2.05) is 0 Å². The van der Waals surface area contributed by atoms with E-state index in [9.17, 15) is 17.6 Å². The molecule has 0 aliphatic carbocycles. The van der Waals surface area contributed by atoms with E-state index in [1.165, 1.54) is 0 Å². The van der Waals surface area contributed by atoms with E-state index in [0.29, 0.717) is 0 Å². The van der Waals surface area contributed by atoms with Crippen LogP contribution in [0.1, 0.15) is 0 Å². The Bertz CT molecular complexity index is 120. The van der Waals surface area contributed by atoms with Gasteiger partial charge in [-0.1, -0.05) is 0 Å². The molecular weight excluding hydrogens is 204 g/mol. The van der Waals surface area contributed by atoms with Crippen LogP contribution in [-0.4, -0.2) is 13.3 Å². The van der Waals surface area contributed by atoms with Crippen LogP contribution < -0.4 is 0 Å². The summed E-state index contributed by atoms with van der Waals surface area (Å²) in [7, 11) is 0. The first kappa shape index (κ1) is 17.4. The molecule has 0 fully saturated rings. The van der Waals surface area contributed by atoms with Gasteiger partial charge < -0.3 is 0 Å². The Morgan fingerprint density at radius 1 is 1.00 bits per heavy atom. The van der Waals surface area contributed by atoms with E-state index in [2.05, 4.69) is 13.2 Å². The number of hydrogen-bond donors (Lipinski definition) is 2. The van der Waals surface area contributed by atoms with Crippen LogP contribution in [0.4, 0.5) is 17.6 Å². The molecular formula is C4H6F4O3S. The zero-order valence-electron chi connectivity index (χ0n) is 5.64. The van der Waals surface area contributed by atoms with Gasteiger partial charge in [0.15, 0.2) is 0 Å². The molecule has 0 aromatic heterocycles. The molecule has 0 amide bonds. The first-order valence-corrected chi connectivity index (χ1v) is 3.06. The fourth-order valence-corrected chi connectivity index (χ4v) is 0. The maximum atomic E-state index is 10.1. The van der Waals surface area contributed by atoms with Crippen LogP contribution in [-0.2, 0) is 11.4 Å². The van der Waals surface area contributed by atoms with Gasteiger partial charge in [0.25, 0.3) is 23.5 Å². The topological polar surface area (TPSA) is 57.5 Å². The van der Waals surface area contributed by atoms with Crippen molar-refractivity contribution in [1.29, 1.82) is 0 Å². The predicted molar refractivity (Wildman–Crippen MR) is 36.1 cm³/mol. The van der Waals surface area contributed by atoms with E-state index in [-0.39, 0.29) is 0 Å². The quantitative estimate of drug-likeness (QED) is 0.477. The van der Waals surface area contributed by atoms with Gasteiger partial charge in [-0.3, -0.25) is 9.11 Å². The fraction of sp³-hybridized carbons (Fsp3) is 0. The molecule has 0 heterocycles. The van der Waals surface area contributed by atoms with Gasteiger partial charge in [0.05, 0.1) is 0 Å². The van der Waals surface area contributed by atoms with Crippen molar-refractivity contribution < 1.29 is 30.9 Å². The Balaban J connectivity index is -0.000000101. The molecule has 0 saturated carbocycles. The molecule has 8 heteroatoms. The lowest BCUT2D eigenvalue weighted by atomic mass is 11.2. The summed E-state index contributed by atoms with van der Waals surface area (Å²) < 4.78 is 63.4. The lowest BCUT2D eigenvalue weighted by molar-refractivity contribution is 0.425. The zero-order chi connectivity index (χ0) is 10.7. The predicted octanol–water partition coefficient (Wildman–Crippen LogP) is 2.47. The number of halogens is 4. The van der Waals surface area contributed by atoms with Gasteiger partial charge in [0, 0.05) is 0 Å². The van der Waals surface area contributed by atoms with Crippen LogP contribution in [0.25, 0.3) is 0 Å². The zero-order valence-corrected chi connectivity index (χ0v) is 6.45. The van der Waals surface area contributed by atoms with Crippen LogP contribution in [0.3, 0.4) is 0 Å². The maximum absolute atomic E-state index is 10.1. The molecule has 0 aromatic rings. The molecule has 0 aliphatic rings. The first-order valence-electron chi connectivity index (χ1n) is 1.99. The van der Waals surface area contributed by atoms with Crippen LogP contribution >= 0.6 is 0 Å². The summed E-state index contributed by atoms with van der Waals surface area (Å²) in [5.74, 6) is 0. The van der Waals surface area contributed by atoms with Gasteiger partial charge in [-0.2, -0.15) is 21.8 Å². The summed E-state index contributed by atoms with van der Waals surface area (Å²) >= 11 is -2.61. The van der Waals surface area contributed by atoms with Gasteiger partial charge in [-0.25, -0.2) is 0 Å². The molecule has 74 valence electrons. The monoisotopic (exact) mass is 210 g/mol. The van der Waals surface area contributed by atoms with Gasteiger partial charge in [0.1, 0.15) is 0 Å². The van der Waals surface area contributed by atoms with Crippen molar-refractivity contribution in [2.45, 2.75) is 0 Å². The Kier molecular flexibility index (Phi) is 18.7.